The van der Waals surface area contributed by atoms with Gasteiger partial charge in [-0.25, -0.2) is 4.39 Å². The first-order valence-corrected chi connectivity index (χ1v) is 5.49. The van der Waals surface area contributed by atoms with Crippen molar-refractivity contribution in [1.29, 1.82) is 0 Å². The molecule has 0 saturated heterocycles. The molecule has 1 aromatic carbocycles. The Hall–Kier alpha value is -1.31. The number of fused-ring (bicyclic) bond motifs is 1. The maximum Gasteiger partial charge on any atom is 0.102 e. The highest BCUT2D eigenvalue weighted by Crippen LogP contribution is 2.16. The zero-order chi connectivity index (χ0) is 10.7. The molecule has 1 aromatic heterocycles. The Bertz CT molecular complexity index is 433. The van der Waals surface area contributed by atoms with Crippen molar-refractivity contribution in [3.05, 3.63) is 36.5 Å². The predicted molar refractivity (Wildman–Crippen MR) is 61.7 cm³/mol. The van der Waals surface area contributed by atoms with Crippen LogP contribution in [0.15, 0.2) is 36.5 Å². The van der Waals surface area contributed by atoms with Gasteiger partial charge in [-0.05, 0) is 30.4 Å². The molecule has 2 rings (SSSR count). The number of para-hydroxylation sites is 1. The number of aromatic nitrogens is 1. The van der Waals surface area contributed by atoms with E-state index in [1.165, 1.54) is 10.9 Å². The van der Waals surface area contributed by atoms with Crippen molar-refractivity contribution in [3.63, 3.8) is 0 Å². The molecule has 0 aliphatic rings. The van der Waals surface area contributed by atoms with Crippen LogP contribution in [0.4, 0.5) is 4.39 Å². The Labute approximate surface area is 89.5 Å². The molecule has 0 N–H and O–H groups in total. The smallest absolute Gasteiger partial charge is 0.102 e. The average molecular weight is 205 g/mol. The molecular formula is C13H16FN. The molecule has 0 aliphatic carbocycles. The van der Waals surface area contributed by atoms with Gasteiger partial charge in [-0.15, -0.1) is 0 Å². The van der Waals surface area contributed by atoms with Gasteiger partial charge in [-0.2, -0.15) is 0 Å². The lowest BCUT2D eigenvalue weighted by molar-refractivity contribution is 0.294. The van der Waals surface area contributed by atoms with Gasteiger partial charge in [0.25, 0.3) is 0 Å². The zero-order valence-electron chi connectivity index (χ0n) is 8.99. The number of alkyl halides is 1. The summed E-state index contributed by atoms with van der Waals surface area (Å²) in [7, 11) is 0. The highest BCUT2D eigenvalue weighted by atomic mass is 19.1. The van der Waals surface area contributed by atoms with Crippen LogP contribution >= 0.6 is 0 Å². The maximum atomic E-state index is 13.1. The lowest BCUT2D eigenvalue weighted by Crippen LogP contribution is -2.04. The number of nitrogens with zero attached hydrogens (tertiary/aromatic N) is 1. The second-order valence-corrected chi connectivity index (χ2v) is 3.86. The van der Waals surface area contributed by atoms with Gasteiger partial charge in [-0.3, -0.25) is 0 Å². The summed E-state index contributed by atoms with van der Waals surface area (Å²) in [5.74, 6) is 0. The van der Waals surface area contributed by atoms with Gasteiger partial charge in [-0.1, -0.05) is 25.1 Å². The number of hydrogen-bond donors (Lipinski definition) is 0. The molecule has 1 atom stereocenters. The Morgan fingerprint density at radius 2 is 2.07 bits per heavy atom. The Balaban J connectivity index is 2.14. The molecule has 0 amide bonds. The molecule has 1 nitrogen and oxygen atoms in total. The van der Waals surface area contributed by atoms with E-state index in [9.17, 15) is 4.39 Å². The molecule has 0 unspecified atom stereocenters. The van der Waals surface area contributed by atoms with Crippen LogP contribution in [-0.2, 0) is 6.54 Å². The highest BCUT2D eigenvalue weighted by Gasteiger charge is 2.04. The van der Waals surface area contributed by atoms with E-state index in [1.54, 1.807) is 0 Å². The summed E-state index contributed by atoms with van der Waals surface area (Å²) >= 11 is 0. The van der Waals surface area contributed by atoms with Gasteiger partial charge >= 0.3 is 0 Å². The van der Waals surface area contributed by atoms with E-state index in [0.717, 1.165) is 6.54 Å². The summed E-state index contributed by atoms with van der Waals surface area (Å²) in [6.45, 7) is 2.65. The first-order chi connectivity index (χ1) is 7.31. The van der Waals surface area contributed by atoms with Gasteiger partial charge in [0, 0.05) is 18.3 Å². The number of benzene rings is 1. The SMILES string of the molecule is CC[C@@H](F)CCn1ccc2ccccc21. The fourth-order valence-electron chi connectivity index (χ4n) is 1.82. The van der Waals surface area contributed by atoms with Gasteiger partial charge < -0.3 is 4.57 Å². The van der Waals surface area contributed by atoms with Crippen molar-refractivity contribution < 1.29 is 4.39 Å². The molecule has 0 saturated carbocycles. The van der Waals surface area contributed by atoms with Crippen LogP contribution in [0.5, 0.6) is 0 Å². The summed E-state index contributed by atoms with van der Waals surface area (Å²) < 4.78 is 15.2. The van der Waals surface area contributed by atoms with Gasteiger partial charge in [0.1, 0.15) is 6.17 Å². The van der Waals surface area contributed by atoms with Crippen LogP contribution < -0.4 is 0 Å². The van der Waals surface area contributed by atoms with Crippen LogP contribution in [0.1, 0.15) is 19.8 Å². The Kier molecular flexibility index (Phi) is 3.05. The molecule has 0 bridgehead atoms. The molecule has 0 spiro atoms. The second kappa shape index (κ2) is 4.47. The quantitative estimate of drug-likeness (QED) is 0.715. The van der Waals surface area contributed by atoms with E-state index in [4.69, 9.17) is 0 Å². The maximum absolute atomic E-state index is 13.1. The van der Waals surface area contributed by atoms with Crippen molar-refractivity contribution in [1.82, 2.24) is 4.57 Å². The number of aryl methyl sites for hydroxylation is 1. The van der Waals surface area contributed by atoms with Crippen molar-refractivity contribution in [2.24, 2.45) is 0 Å². The molecule has 2 heteroatoms. The molecule has 15 heavy (non-hydrogen) atoms. The summed E-state index contributed by atoms with van der Waals surface area (Å²) in [6, 6.07) is 10.3. The lowest BCUT2D eigenvalue weighted by atomic mass is 10.2. The van der Waals surface area contributed by atoms with Gasteiger partial charge in [0.05, 0.1) is 0 Å². The molecule has 0 fully saturated rings. The summed E-state index contributed by atoms with van der Waals surface area (Å²) in [4.78, 5) is 0. The third-order valence-corrected chi connectivity index (χ3v) is 2.81. The number of hydrogen-bond acceptors (Lipinski definition) is 0. The summed E-state index contributed by atoms with van der Waals surface area (Å²) in [5.41, 5.74) is 1.20. The number of halogens is 1. The minimum atomic E-state index is -0.675. The zero-order valence-corrected chi connectivity index (χ0v) is 8.99. The minimum Gasteiger partial charge on any atom is -0.347 e. The van der Waals surface area contributed by atoms with E-state index in [1.807, 2.05) is 25.3 Å². The lowest BCUT2D eigenvalue weighted by Gasteiger charge is -2.07. The standard InChI is InChI=1S/C13H16FN/c1-2-12(14)8-10-15-9-7-11-5-3-4-6-13(11)15/h3-7,9,12H,2,8,10H2,1H3/t12-/m1/s1. The van der Waals surface area contributed by atoms with E-state index >= 15 is 0 Å². The Morgan fingerprint density at radius 3 is 2.87 bits per heavy atom. The van der Waals surface area contributed by atoms with E-state index in [0.29, 0.717) is 12.8 Å². The van der Waals surface area contributed by atoms with E-state index in [2.05, 4.69) is 22.8 Å². The monoisotopic (exact) mass is 205 g/mol. The molecule has 0 aliphatic heterocycles. The first kappa shape index (κ1) is 10.2. The average Bonchev–Trinajstić information content (AvgIpc) is 2.69. The van der Waals surface area contributed by atoms with E-state index < -0.39 is 6.17 Å². The highest BCUT2D eigenvalue weighted by molar-refractivity contribution is 5.79. The minimum absolute atomic E-state index is 0.606. The normalized spacial score (nSPS) is 13.2. The van der Waals surface area contributed by atoms with Crippen molar-refractivity contribution in [3.8, 4) is 0 Å². The van der Waals surface area contributed by atoms with Crippen LogP contribution in [0, 0.1) is 0 Å². The topological polar surface area (TPSA) is 4.93 Å². The molecule has 0 radical (unpaired) electrons. The van der Waals surface area contributed by atoms with Crippen molar-refractivity contribution in [2.45, 2.75) is 32.5 Å². The van der Waals surface area contributed by atoms with Crippen LogP contribution in [-0.4, -0.2) is 10.7 Å². The van der Waals surface area contributed by atoms with Crippen molar-refractivity contribution >= 4 is 10.9 Å². The summed E-state index contributed by atoms with van der Waals surface area (Å²) in [6.07, 6.45) is 2.58. The largest absolute Gasteiger partial charge is 0.347 e. The molecule has 2 aromatic rings. The van der Waals surface area contributed by atoms with Gasteiger partial charge in [0.2, 0.25) is 0 Å². The second-order valence-electron chi connectivity index (χ2n) is 3.86. The van der Waals surface area contributed by atoms with E-state index in [-0.39, 0.29) is 0 Å². The fraction of sp³-hybridized carbons (Fsp3) is 0.385. The third-order valence-electron chi connectivity index (χ3n) is 2.81. The van der Waals surface area contributed by atoms with Crippen LogP contribution in [0.2, 0.25) is 0 Å². The first-order valence-electron chi connectivity index (χ1n) is 5.49. The fourth-order valence-corrected chi connectivity index (χ4v) is 1.82. The predicted octanol–water partition coefficient (Wildman–Crippen LogP) is 3.78. The van der Waals surface area contributed by atoms with Crippen molar-refractivity contribution in [2.75, 3.05) is 0 Å². The number of rotatable bonds is 4. The van der Waals surface area contributed by atoms with Crippen LogP contribution in [0.3, 0.4) is 0 Å². The third kappa shape index (κ3) is 2.20. The molecule has 80 valence electrons. The molecular weight excluding hydrogens is 189 g/mol. The molecule has 1 heterocycles. The Morgan fingerprint density at radius 1 is 1.27 bits per heavy atom. The summed E-state index contributed by atoms with van der Waals surface area (Å²) in [5, 5.41) is 1.23. The van der Waals surface area contributed by atoms with Gasteiger partial charge in [0.15, 0.2) is 0 Å². The van der Waals surface area contributed by atoms with Crippen LogP contribution in [0.25, 0.3) is 10.9 Å².